The molecule has 1 aliphatic heterocycles. The van der Waals surface area contributed by atoms with E-state index in [1.807, 2.05) is 12.1 Å². The first-order valence-electron chi connectivity index (χ1n) is 8.85. The molecule has 2 N–H and O–H groups in total. The Kier molecular flexibility index (Phi) is 6.19. The first kappa shape index (κ1) is 18.8. The number of halogens is 2. The number of aliphatic hydroxyl groups excluding tert-OH is 1. The summed E-state index contributed by atoms with van der Waals surface area (Å²) in [5, 5.41) is 19.4. The van der Waals surface area contributed by atoms with Gasteiger partial charge in [0.05, 0.1) is 0 Å². The van der Waals surface area contributed by atoms with Gasteiger partial charge in [0.1, 0.15) is 5.75 Å². The lowest BCUT2D eigenvalue weighted by atomic mass is 10.1. The Morgan fingerprint density at radius 3 is 2.54 bits per heavy atom. The molecule has 6 heteroatoms. The van der Waals surface area contributed by atoms with E-state index in [4.69, 9.17) is 0 Å². The molecular weight excluding hydrogens is 338 g/mol. The Bertz CT molecular complexity index is 742. The number of benzene rings is 2. The largest absolute Gasteiger partial charge is 0.508 e. The Morgan fingerprint density at radius 2 is 1.81 bits per heavy atom. The van der Waals surface area contributed by atoms with Gasteiger partial charge in [-0.05, 0) is 30.2 Å². The highest BCUT2D eigenvalue weighted by molar-refractivity contribution is 5.31. The zero-order chi connectivity index (χ0) is 18.5. The van der Waals surface area contributed by atoms with E-state index < -0.39 is 11.6 Å². The molecule has 2 aromatic rings. The molecule has 140 valence electrons. The van der Waals surface area contributed by atoms with Gasteiger partial charge in [-0.3, -0.25) is 9.80 Å². The van der Waals surface area contributed by atoms with Crippen LogP contribution in [-0.2, 0) is 13.1 Å². The van der Waals surface area contributed by atoms with Gasteiger partial charge in [-0.25, -0.2) is 8.78 Å². The zero-order valence-corrected chi connectivity index (χ0v) is 14.6. The third kappa shape index (κ3) is 4.58. The Hall–Kier alpha value is -2.02. The Labute approximate surface area is 152 Å². The van der Waals surface area contributed by atoms with Gasteiger partial charge in [0.2, 0.25) is 0 Å². The number of rotatable bonds is 6. The van der Waals surface area contributed by atoms with Crippen molar-refractivity contribution < 1.29 is 19.0 Å². The van der Waals surface area contributed by atoms with Crippen LogP contribution in [0.4, 0.5) is 8.78 Å². The van der Waals surface area contributed by atoms with E-state index in [1.54, 1.807) is 18.2 Å². The van der Waals surface area contributed by atoms with E-state index >= 15 is 0 Å². The number of aromatic hydroxyl groups is 1. The van der Waals surface area contributed by atoms with Crippen molar-refractivity contribution in [3.05, 3.63) is 65.2 Å². The molecule has 1 fully saturated rings. The second-order valence-electron chi connectivity index (χ2n) is 6.75. The molecule has 2 aromatic carbocycles. The van der Waals surface area contributed by atoms with Gasteiger partial charge in [0.25, 0.3) is 0 Å². The highest BCUT2D eigenvalue weighted by Gasteiger charge is 2.27. The van der Waals surface area contributed by atoms with E-state index in [0.29, 0.717) is 19.5 Å². The molecule has 0 amide bonds. The first-order valence-corrected chi connectivity index (χ1v) is 8.85. The van der Waals surface area contributed by atoms with E-state index in [1.165, 1.54) is 6.07 Å². The smallest absolute Gasteiger partial charge is 0.159 e. The van der Waals surface area contributed by atoms with Gasteiger partial charge in [-0.15, -0.1) is 0 Å². The second kappa shape index (κ2) is 8.58. The number of hydrogen-bond acceptors (Lipinski definition) is 4. The minimum Gasteiger partial charge on any atom is -0.508 e. The molecule has 0 spiro atoms. The van der Waals surface area contributed by atoms with Crippen molar-refractivity contribution in [2.75, 3.05) is 26.2 Å². The van der Waals surface area contributed by atoms with Crippen LogP contribution in [0.25, 0.3) is 0 Å². The summed E-state index contributed by atoms with van der Waals surface area (Å²) in [5.41, 5.74) is 1.60. The summed E-state index contributed by atoms with van der Waals surface area (Å²) < 4.78 is 26.6. The fraction of sp³-hybridized carbons (Fsp3) is 0.400. The Morgan fingerprint density at radius 1 is 1.00 bits per heavy atom. The van der Waals surface area contributed by atoms with E-state index in [0.717, 1.165) is 36.8 Å². The molecule has 0 saturated carbocycles. The molecule has 0 aliphatic carbocycles. The van der Waals surface area contributed by atoms with Crippen LogP contribution in [0.2, 0.25) is 0 Å². The maximum atomic E-state index is 13.5. The van der Waals surface area contributed by atoms with E-state index in [-0.39, 0.29) is 18.4 Å². The normalized spacial score (nSPS) is 19.0. The van der Waals surface area contributed by atoms with Crippen LogP contribution < -0.4 is 0 Å². The molecular formula is C20H24F2N2O2. The van der Waals surface area contributed by atoms with Crippen molar-refractivity contribution in [1.29, 1.82) is 0 Å². The molecule has 1 atom stereocenters. The molecule has 1 heterocycles. The third-order valence-electron chi connectivity index (χ3n) is 4.91. The van der Waals surface area contributed by atoms with Crippen LogP contribution in [0.15, 0.2) is 42.5 Å². The van der Waals surface area contributed by atoms with Crippen molar-refractivity contribution in [2.24, 2.45) is 0 Å². The maximum absolute atomic E-state index is 13.5. The average molecular weight is 362 g/mol. The Balaban J connectivity index is 1.65. The van der Waals surface area contributed by atoms with Crippen molar-refractivity contribution in [3.63, 3.8) is 0 Å². The fourth-order valence-corrected chi connectivity index (χ4v) is 3.49. The SMILES string of the molecule is OCCC1CN(Cc2ccccc2O)CCN1Cc1ccc(F)c(F)c1. The number of nitrogens with zero attached hydrogens (tertiary/aromatic N) is 2. The lowest BCUT2D eigenvalue weighted by molar-refractivity contribution is 0.0495. The second-order valence-corrected chi connectivity index (χ2v) is 6.75. The summed E-state index contributed by atoms with van der Waals surface area (Å²) in [6, 6.07) is 11.4. The monoisotopic (exact) mass is 362 g/mol. The number of piperazine rings is 1. The maximum Gasteiger partial charge on any atom is 0.159 e. The summed E-state index contributed by atoms with van der Waals surface area (Å²) in [5.74, 6) is -1.39. The molecule has 1 unspecified atom stereocenters. The zero-order valence-electron chi connectivity index (χ0n) is 14.6. The number of para-hydroxylation sites is 1. The lowest BCUT2D eigenvalue weighted by Crippen LogP contribution is -2.52. The topological polar surface area (TPSA) is 46.9 Å². The molecule has 0 aromatic heterocycles. The highest BCUT2D eigenvalue weighted by atomic mass is 19.2. The number of phenolic OH excluding ortho intramolecular Hbond substituents is 1. The first-order chi connectivity index (χ1) is 12.6. The van der Waals surface area contributed by atoms with Crippen LogP contribution in [0, 0.1) is 11.6 Å². The summed E-state index contributed by atoms with van der Waals surface area (Å²) >= 11 is 0. The third-order valence-corrected chi connectivity index (χ3v) is 4.91. The van der Waals surface area contributed by atoms with Crippen LogP contribution >= 0.6 is 0 Å². The van der Waals surface area contributed by atoms with Crippen LogP contribution in [-0.4, -0.2) is 52.3 Å². The van der Waals surface area contributed by atoms with Gasteiger partial charge in [0.15, 0.2) is 11.6 Å². The fourth-order valence-electron chi connectivity index (χ4n) is 3.49. The minimum atomic E-state index is -0.840. The van der Waals surface area contributed by atoms with Gasteiger partial charge in [-0.1, -0.05) is 24.3 Å². The van der Waals surface area contributed by atoms with Gasteiger partial charge >= 0.3 is 0 Å². The average Bonchev–Trinajstić information content (AvgIpc) is 2.62. The van der Waals surface area contributed by atoms with Gasteiger partial charge in [0, 0.05) is 50.9 Å². The standard InChI is InChI=1S/C20H24F2N2O2/c21-18-6-5-15(11-19(18)22)12-24-9-8-23(14-17(24)7-10-25)13-16-3-1-2-4-20(16)26/h1-6,11,17,25-26H,7-10,12-14H2. The summed E-state index contributed by atoms with van der Waals surface area (Å²) in [4.78, 5) is 4.45. The predicted octanol–water partition coefficient (Wildman–Crippen LogP) is 2.74. The van der Waals surface area contributed by atoms with Gasteiger partial charge < -0.3 is 10.2 Å². The number of aliphatic hydroxyl groups is 1. The molecule has 1 aliphatic rings. The number of hydrogen-bond donors (Lipinski definition) is 2. The molecule has 3 rings (SSSR count). The number of phenols is 1. The van der Waals surface area contributed by atoms with E-state index in [9.17, 15) is 19.0 Å². The van der Waals surface area contributed by atoms with Crippen LogP contribution in [0.3, 0.4) is 0 Å². The van der Waals surface area contributed by atoms with Crippen molar-refractivity contribution in [2.45, 2.75) is 25.6 Å². The van der Waals surface area contributed by atoms with E-state index in [2.05, 4.69) is 9.80 Å². The van der Waals surface area contributed by atoms with Crippen molar-refractivity contribution in [1.82, 2.24) is 9.80 Å². The molecule has 4 nitrogen and oxygen atoms in total. The lowest BCUT2D eigenvalue weighted by Gasteiger charge is -2.41. The molecule has 26 heavy (non-hydrogen) atoms. The van der Waals surface area contributed by atoms with Crippen LogP contribution in [0.5, 0.6) is 5.75 Å². The summed E-state index contributed by atoms with van der Waals surface area (Å²) in [6.45, 7) is 3.55. The van der Waals surface area contributed by atoms with Crippen molar-refractivity contribution in [3.8, 4) is 5.75 Å². The highest BCUT2D eigenvalue weighted by Crippen LogP contribution is 2.22. The summed E-state index contributed by atoms with van der Waals surface area (Å²) in [6.07, 6.45) is 0.612. The predicted molar refractivity (Wildman–Crippen MR) is 95.6 cm³/mol. The van der Waals surface area contributed by atoms with Crippen LogP contribution in [0.1, 0.15) is 17.5 Å². The quantitative estimate of drug-likeness (QED) is 0.830. The van der Waals surface area contributed by atoms with Gasteiger partial charge in [-0.2, -0.15) is 0 Å². The molecule has 0 radical (unpaired) electrons. The molecule has 1 saturated heterocycles. The summed E-state index contributed by atoms with van der Waals surface area (Å²) in [7, 11) is 0. The minimum absolute atomic E-state index is 0.0728. The van der Waals surface area contributed by atoms with Crippen molar-refractivity contribution >= 4 is 0 Å². The molecule has 0 bridgehead atoms.